The first-order chi connectivity index (χ1) is 13.2. The predicted molar refractivity (Wildman–Crippen MR) is 101 cm³/mol. The van der Waals surface area contributed by atoms with Gasteiger partial charge in [-0.3, -0.25) is 19.3 Å². The Morgan fingerprint density at radius 1 is 1.14 bits per heavy atom. The van der Waals surface area contributed by atoms with Gasteiger partial charge in [0, 0.05) is 13.0 Å². The fourth-order valence-corrected chi connectivity index (χ4v) is 4.16. The first kappa shape index (κ1) is 20.2. The van der Waals surface area contributed by atoms with Crippen LogP contribution in [0.15, 0.2) is 41.3 Å². The Labute approximate surface area is 163 Å². The van der Waals surface area contributed by atoms with Gasteiger partial charge in [-0.15, -0.1) is 0 Å². The van der Waals surface area contributed by atoms with Crippen LogP contribution in [0.5, 0.6) is 0 Å². The van der Waals surface area contributed by atoms with Crippen LogP contribution in [0.25, 0.3) is 0 Å². The SMILES string of the molecule is C[C@H](NC(=O)CCN1C(=O)[C@H]2CC=CC[C@@H]2C1=O)c1ccc(S(N)(=O)=O)cc1. The Balaban J connectivity index is 1.54. The van der Waals surface area contributed by atoms with Gasteiger partial charge in [0.15, 0.2) is 0 Å². The van der Waals surface area contributed by atoms with E-state index in [2.05, 4.69) is 5.32 Å². The van der Waals surface area contributed by atoms with Crippen LogP contribution < -0.4 is 10.5 Å². The summed E-state index contributed by atoms with van der Waals surface area (Å²) in [4.78, 5) is 38.2. The predicted octanol–water partition coefficient (Wildman–Crippen LogP) is 0.853. The molecule has 0 saturated carbocycles. The highest BCUT2D eigenvalue weighted by Crippen LogP contribution is 2.35. The van der Waals surface area contributed by atoms with Crippen molar-refractivity contribution in [3.05, 3.63) is 42.0 Å². The van der Waals surface area contributed by atoms with Gasteiger partial charge in [0.25, 0.3) is 0 Å². The number of sulfonamides is 1. The third-order valence-electron chi connectivity index (χ3n) is 5.25. The van der Waals surface area contributed by atoms with Gasteiger partial charge in [-0.05, 0) is 37.5 Å². The average Bonchev–Trinajstić information content (AvgIpc) is 2.90. The maximum Gasteiger partial charge on any atom is 0.238 e. The minimum Gasteiger partial charge on any atom is -0.350 e. The number of allylic oxidation sites excluding steroid dienone is 2. The molecule has 150 valence electrons. The zero-order valence-electron chi connectivity index (χ0n) is 15.5. The molecule has 0 bridgehead atoms. The Morgan fingerprint density at radius 3 is 2.18 bits per heavy atom. The second-order valence-electron chi connectivity index (χ2n) is 7.14. The van der Waals surface area contributed by atoms with Crippen molar-refractivity contribution in [1.82, 2.24) is 10.2 Å². The number of carbonyl (C=O) groups is 3. The van der Waals surface area contributed by atoms with Crippen molar-refractivity contribution in [2.75, 3.05) is 6.54 Å². The van der Waals surface area contributed by atoms with E-state index in [9.17, 15) is 22.8 Å². The average molecular weight is 405 g/mol. The van der Waals surface area contributed by atoms with Crippen molar-refractivity contribution in [3.63, 3.8) is 0 Å². The summed E-state index contributed by atoms with van der Waals surface area (Å²) in [6, 6.07) is 5.56. The van der Waals surface area contributed by atoms with E-state index >= 15 is 0 Å². The minimum absolute atomic E-state index is 0.00297. The van der Waals surface area contributed by atoms with E-state index < -0.39 is 10.0 Å². The molecule has 1 aliphatic heterocycles. The molecule has 9 heteroatoms. The molecule has 8 nitrogen and oxygen atoms in total. The van der Waals surface area contributed by atoms with Crippen molar-refractivity contribution in [1.29, 1.82) is 0 Å². The van der Waals surface area contributed by atoms with Crippen LogP contribution in [0, 0.1) is 11.8 Å². The Morgan fingerprint density at radius 2 is 1.68 bits per heavy atom. The van der Waals surface area contributed by atoms with Gasteiger partial charge >= 0.3 is 0 Å². The number of nitrogens with zero attached hydrogens (tertiary/aromatic N) is 1. The zero-order valence-corrected chi connectivity index (χ0v) is 16.3. The van der Waals surface area contributed by atoms with Gasteiger partial charge < -0.3 is 5.32 Å². The van der Waals surface area contributed by atoms with Crippen LogP contribution in [-0.4, -0.2) is 37.6 Å². The van der Waals surface area contributed by atoms with E-state index in [1.807, 2.05) is 12.2 Å². The molecular formula is C19H23N3O5S. The second kappa shape index (κ2) is 7.84. The molecule has 1 aromatic rings. The van der Waals surface area contributed by atoms with Crippen molar-refractivity contribution in [3.8, 4) is 0 Å². The molecule has 3 amide bonds. The third kappa shape index (κ3) is 4.15. The molecule has 0 aromatic heterocycles. The van der Waals surface area contributed by atoms with Crippen LogP contribution in [0.1, 0.15) is 37.8 Å². The van der Waals surface area contributed by atoms with Gasteiger partial charge in [-0.1, -0.05) is 24.3 Å². The summed E-state index contributed by atoms with van der Waals surface area (Å²) in [5.41, 5.74) is 0.714. The highest BCUT2D eigenvalue weighted by atomic mass is 32.2. The molecule has 28 heavy (non-hydrogen) atoms. The number of nitrogens with two attached hydrogens (primary N) is 1. The summed E-state index contributed by atoms with van der Waals surface area (Å²) in [5.74, 6) is -1.28. The molecular weight excluding hydrogens is 382 g/mol. The zero-order chi connectivity index (χ0) is 20.5. The molecule has 3 rings (SSSR count). The summed E-state index contributed by atoms with van der Waals surface area (Å²) >= 11 is 0. The maximum atomic E-state index is 12.4. The van der Waals surface area contributed by atoms with E-state index in [0.29, 0.717) is 18.4 Å². The summed E-state index contributed by atoms with van der Waals surface area (Å²) in [7, 11) is -3.77. The summed E-state index contributed by atoms with van der Waals surface area (Å²) in [6.45, 7) is 1.82. The van der Waals surface area contributed by atoms with Crippen LogP contribution in [0.3, 0.4) is 0 Å². The highest BCUT2D eigenvalue weighted by molar-refractivity contribution is 7.89. The molecule has 1 aromatic carbocycles. The molecule has 2 aliphatic rings. The number of hydrogen-bond acceptors (Lipinski definition) is 5. The lowest BCUT2D eigenvalue weighted by Crippen LogP contribution is -2.36. The first-order valence-electron chi connectivity index (χ1n) is 9.11. The lowest BCUT2D eigenvalue weighted by atomic mass is 9.85. The van der Waals surface area contributed by atoms with Gasteiger partial charge in [0.1, 0.15) is 0 Å². The smallest absolute Gasteiger partial charge is 0.238 e. The van der Waals surface area contributed by atoms with E-state index in [1.165, 1.54) is 17.0 Å². The fraction of sp³-hybridized carbons (Fsp3) is 0.421. The minimum atomic E-state index is -3.77. The first-order valence-corrected chi connectivity index (χ1v) is 10.7. The van der Waals surface area contributed by atoms with E-state index in [-0.39, 0.29) is 53.5 Å². The van der Waals surface area contributed by atoms with Gasteiger partial charge in [-0.2, -0.15) is 0 Å². The van der Waals surface area contributed by atoms with Gasteiger partial charge in [0.05, 0.1) is 22.8 Å². The molecule has 1 fully saturated rings. The lowest BCUT2D eigenvalue weighted by molar-refractivity contribution is -0.140. The fourth-order valence-electron chi connectivity index (χ4n) is 3.65. The van der Waals surface area contributed by atoms with Crippen LogP contribution in [-0.2, 0) is 24.4 Å². The summed E-state index contributed by atoms with van der Waals surface area (Å²) < 4.78 is 22.6. The third-order valence-corrected chi connectivity index (χ3v) is 6.18. The number of imide groups is 1. The number of primary sulfonamides is 1. The number of likely N-dealkylation sites (tertiary alicyclic amines) is 1. The van der Waals surface area contributed by atoms with Gasteiger partial charge in [-0.25, -0.2) is 13.6 Å². The van der Waals surface area contributed by atoms with E-state index in [4.69, 9.17) is 5.14 Å². The molecule has 1 heterocycles. The second-order valence-corrected chi connectivity index (χ2v) is 8.70. The summed E-state index contributed by atoms with van der Waals surface area (Å²) in [5, 5.41) is 7.86. The van der Waals surface area contributed by atoms with Crippen molar-refractivity contribution in [2.45, 2.75) is 37.1 Å². The number of rotatable bonds is 6. The van der Waals surface area contributed by atoms with Crippen molar-refractivity contribution in [2.24, 2.45) is 17.0 Å². The van der Waals surface area contributed by atoms with E-state index in [1.54, 1.807) is 19.1 Å². The normalized spacial score (nSPS) is 22.9. The topological polar surface area (TPSA) is 127 Å². The number of benzene rings is 1. The number of amides is 3. The van der Waals surface area contributed by atoms with Crippen molar-refractivity contribution < 1.29 is 22.8 Å². The Bertz CT molecular complexity index is 897. The molecule has 3 atom stereocenters. The number of hydrogen-bond donors (Lipinski definition) is 2. The summed E-state index contributed by atoms with van der Waals surface area (Å²) in [6.07, 6.45) is 5.01. The van der Waals surface area contributed by atoms with Crippen LogP contribution >= 0.6 is 0 Å². The molecule has 0 radical (unpaired) electrons. The molecule has 1 aliphatic carbocycles. The maximum absolute atomic E-state index is 12.4. The van der Waals surface area contributed by atoms with Crippen molar-refractivity contribution >= 4 is 27.7 Å². The van der Waals surface area contributed by atoms with Crippen LogP contribution in [0.2, 0.25) is 0 Å². The van der Waals surface area contributed by atoms with E-state index in [0.717, 1.165) is 0 Å². The molecule has 0 unspecified atom stereocenters. The monoisotopic (exact) mass is 405 g/mol. The van der Waals surface area contributed by atoms with Crippen LogP contribution in [0.4, 0.5) is 0 Å². The molecule has 0 spiro atoms. The molecule has 3 N–H and O–H groups in total. The molecule has 1 saturated heterocycles. The largest absolute Gasteiger partial charge is 0.350 e. The highest BCUT2D eigenvalue weighted by Gasteiger charge is 2.46. The number of fused-ring (bicyclic) bond motifs is 1. The number of carbonyl (C=O) groups excluding carboxylic acids is 3. The van der Waals surface area contributed by atoms with Gasteiger partial charge in [0.2, 0.25) is 27.7 Å². The quantitative estimate of drug-likeness (QED) is 0.536. The number of nitrogens with one attached hydrogen (secondary N) is 1. The Hall–Kier alpha value is -2.52. The lowest BCUT2D eigenvalue weighted by Gasteiger charge is -2.17. The standard InChI is InChI=1S/C19H23N3O5S/c1-12(13-6-8-14(9-7-13)28(20,26)27)21-17(23)10-11-22-18(24)15-4-2-3-5-16(15)19(22)25/h2-3,6-9,12,15-16H,4-5,10-11H2,1H3,(H,21,23)(H2,20,26,27)/t12-,15-,16-/m0/s1. The Kier molecular flexibility index (Phi) is 5.66.